The summed E-state index contributed by atoms with van der Waals surface area (Å²) in [4.78, 5) is 19.6. The van der Waals surface area contributed by atoms with E-state index >= 15 is 0 Å². The fourth-order valence-electron chi connectivity index (χ4n) is 1.09. The van der Waals surface area contributed by atoms with Crippen molar-refractivity contribution >= 4 is 27.7 Å². The number of carbonyl (C=O) groups is 1. The number of anilines is 1. The first-order valence-corrected chi connectivity index (χ1v) is 5.27. The summed E-state index contributed by atoms with van der Waals surface area (Å²) in [5.74, 6) is 0.721. The number of rotatable bonds is 2. The average molecular weight is 282 g/mol. The summed E-state index contributed by atoms with van der Waals surface area (Å²) in [6.45, 7) is 1.72. The third kappa shape index (κ3) is 2.25. The van der Waals surface area contributed by atoms with Crippen molar-refractivity contribution in [3.63, 3.8) is 0 Å². The standard InChI is InChI=1S/C9H8BrN5O/c1-5-12-8(15-14-5)9(16)13-7-6(10)3-2-4-11-7/h2-4H,1H3,(H,11,13,16)(H,12,14,15). The van der Waals surface area contributed by atoms with Crippen LogP contribution in [0.1, 0.15) is 16.4 Å². The van der Waals surface area contributed by atoms with Crippen LogP contribution in [0.2, 0.25) is 0 Å². The lowest BCUT2D eigenvalue weighted by atomic mass is 10.4. The number of H-pyrrole nitrogens is 1. The Kier molecular flexibility index (Phi) is 2.95. The van der Waals surface area contributed by atoms with Gasteiger partial charge in [-0.25, -0.2) is 9.97 Å². The second-order valence-corrected chi connectivity index (χ2v) is 3.89. The Balaban J connectivity index is 2.17. The quantitative estimate of drug-likeness (QED) is 0.874. The molecule has 6 nitrogen and oxygen atoms in total. The molecule has 2 N–H and O–H groups in total. The lowest BCUT2D eigenvalue weighted by Gasteiger charge is -2.02. The zero-order chi connectivity index (χ0) is 11.5. The van der Waals surface area contributed by atoms with Crippen LogP contribution in [0.3, 0.4) is 0 Å². The van der Waals surface area contributed by atoms with E-state index in [1.165, 1.54) is 0 Å². The summed E-state index contributed by atoms with van der Waals surface area (Å²) in [6.07, 6.45) is 1.59. The van der Waals surface area contributed by atoms with E-state index in [1.807, 2.05) is 0 Å². The lowest BCUT2D eigenvalue weighted by Crippen LogP contribution is -2.15. The molecule has 2 heterocycles. The molecular weight excluding hydrogens is 274 g/mol. The van der Waals surface area contributed by atoms with E-state index < -0.39 is 5.91 Å². The molecule has 16 heavy (non-hydrogen) atoms. The highest BCUT2D eigenvalue weighted by atomic mass is 79.9. The normalized spacial score (nSPS) is 10.1. The van der Waals surface area contributed by atoms with E-state index in [9.17, 15) is 4.79 Å². The Morgan fingerprint density at radius 1 is 1.56 bits per heavy atom. The number of aryl methyl sites for hydroxylation is 1. The molecule has 1 amide bonds. The molecule has 0 unspecified atom stereocenters. The van der Waals surface area contributed by atoms with Crippen LogP contribution in [0.15, 0.2) is 22.8 Å². The highest BCUT2D eigenvalue weighted by molar-refractivity contribution is 9.10. The van der Waals surface area contributed by atoms with Gasteiger partial charge in [0.2, 0.25) is 5.82 Å². The van der Waals surface area contributed by atoms with E-state index in [4.69, 9.17) is 0 Å². The number of nitrogens with one attached hydrogen (secondary N) is 2. The number of amides is 1. The van der Waals surface area contributed by atoms with Crippen LogP contribution in [-0.4, -0.2) is 26.1 Å². The number of pyridine rings is 1. The first-order valence-electron chi connectivity index (χ1n) is 4.47. The average Bonchev–Trinajstić information content (AvgIpc) is 2.68. The highest BCUT2D eigenvalue weighted by Gasteiger charge is 2.12. The first kappa shape index (κ1) is 10.7. The van der Waals surface area contributed by atoms with Crippen molar-refractivity contribution in [2.75, 3.05) is 5.32 Å². The molecule has 0 saturated heterocycles. The number of aromatic amines is 1. The van der Waals surface area contributed by atoms with Crippen LogP contribution in [0.25, 0.3) is 0 Å². The number of nitrogens with zero attached hydrogens (tertiary/aromatic N) is 3. The van der Waals surface area contributed by atoms with Gasteiger partial charge >= 0.3 is 0 Å². The molecule has 0 aliphatic carbocycles. The Bertz CT molecular complexity index is 524. The van der Waals surface area contributed by atoms with Crippen molar-refractivity contribution in [2.24, 2.45) is 0 Å². The lowest BCUT2D eigenvalue weighted by molar-refractivity contribution is 0.101. The monoisotopic (exact) mass is 281 g/mol. The van der Waals surface area contributed by atoms with Gasteiger partial charge in [0.15, 0.2) is 0 Å². The van der Waals surface area contributed by atoms with Crippen LogP contribution < -0.4 is 5.32 Å². The maximum atomic E-state index is 11.7. The number of hydrogen-bond acceptors (Lipinski definition) is 4. The molecule has 0 atom stereocenters. The summed E-state index contributed by atoms with van der Waals surface area (Å²) in [6, 6.07) is 3.54. The van der Waals surface area contributed by atoms with Gasteiger partial charge in [-0.2, -0.15) is 0 Å². The zero-order valence-corrected chi connectivity index (χ0v) is 9.95. The molecule has 2 aromatic rings. The molecule has 0 aliphatic heterocycles. The third-order valence-corrected chi connectivity index (χ3v) is 2.43. The van der Waals surface area contributed by atoms with Crippen molar-refractivity contribution in [2.45, 2.75) is 6.92 Å². The fraction of sp³-hybridized carbons (Fsp3) is 0.111. The third-order valence-electron chi connectivity index (χ3n) is 1.79. The van der Waals surface area contributed by atoms with Gasteiger partial charge in [0.05, 0.1) is 4.47 Å². The Morgan fingerprint density at radius 3 is 3.00 bits per heavy atom. The van der Waals surface area contributed by atoms with Gasteiger partial charge in [-0.05, 0) is 35.0 Å². The van der Waals surface area contributed by atoms with Crippen molar-refractivity contribution in [1.29, 1.82) is 0 Å². The molecule has 0 aromatic carbocycles. The largest absolute Gasteiger partial charge is 0.303 e. The second kappa shape index (κ2) is 4.40. The van der Waals surface area contributed by atoms with Crippen LogP contribution in [-0.2, 0) is 0 Å². The minimum Gasteiger partial charge on any atom is -0.303 e. The summed E-state index contributed by atoms with van der Waals surface area (Å²) in [5, 5.41) is 8.94. The summed E-state index contributed by atoms with van der Waals surface area (Å²) >= 11 is 3.28. The van der Waals surface area contributed by atoms with Gasteiger partial charge in [0, 0.05) is 6.20 Å². The number of aromatic nitrogens is 4. The molecule has 0 saturated carbocycles. The Labute approximate surface area is 99.6 Å². The van der Waals surface area contributed by atoms with Gasteiger partial charge in [-0.1, -0.05) is 0 Å². The number of carbonyl (C=O) groups excluding carboxylic acids is 1. The van der Waals surface area contributed by atoms with Gasteiger partial charge in [0.25, 0.3) is 5.91 Å². The Hall–Kier alpha value is -1.76. The number of hydrogen-bond donors (Lipinski definition) is 2. The molecule has 0 fully saturated rings. The summed E-state index contributed by atoms with van der Waals surface area (Å²) < 4.78 is 0.704. The minimum absolute atomic E-state index is 0.0926. The van der Waals surface area contributed by atoms with Crippen molar-refractivity contribution in [3.8, 4) is 0 Å². The fourth-order valence-corrected chi connectivity index (χ4v) is 1.44. The van der Waals surface area contributed by atoms with Crippen molar-refractivity contribution in [3.05, 3.63) is 34.5 Å². The Morgan fingerprint density at radius 2 is 2.38 bits per heavy atom. The molecule has 2 rings (SSSR count). The maximum Gasteiger partial charge on any atom is 0.296 e. The molecular formula is C9H8BrN5O. The minimum atomic E-state index is -0.399. The van der Waals surface area contributed by atoms with Crippen molar-refractivity contribution < 1.29 is 4.79 Å². The molecule has 0 spiro atoms. The predicted molar refractivity (Wildman–Crippen MR) is 61.0 cm³/mol. The van der Waals surface area contributed by atoms with Crippen LogP contribution in [0, 0.1) is 6.92 Å². The van der Waals surface area contributed by atoms with Gasteiger partial charge < -0.3 is 5.32 Å². The van der Waals surface area contributed by atoms with Crippen LogP contribution >= 0.6 is 15.9 Å². The van der Waals surface area contributed by atoms with Crippen LogP contribution in [0.5, 0.6) is 0 Å². The topological polar surface area (TPSA) is 83.6 Å². The number of halogens is 1. The van der Waals surface area contributed by atoms with Gasteiger partial charge in [0.1, 0.15) is 11.6 Å². The molecule has 0 radical (unpaired) electrons. The smallest absolute Gasteiger partial charge is 0.296 e. The highest BCUT2D eigenvalue weighted by Crippen LogP contribution is 2.18. The molecule has 82 valence electrons. The molecule has 0 aliphatic rings. The van der Waals surface area contributed by atoms with Crippen molar-refractivity contribution in [1.82, 2.24) is 20.2 Å². The predicted octanol–water partition coefficient (Wildman–Crippen LogP) is 1.52. The summed E-state index contributed by atoms with van der Waals surface area (Å²) in [7, 11) is 0. The van der Waals surface area contributed by atoms with E-state index in [-0.39, 0.29) is 5.82 Å². The van der Waals surface area contributed by atoms with E-state index in [1.54, 1.807) is 25.3 Å². The summed E-state index contributed by atoms with van der Waals surface area (Å²) in [5.41, 5.74) is 0. The van der Waals surface area contributed by atoms with Gasteiger partial charge in [-0.15, -0.1) is 5.10 Å². The second-order valence-electron chi connectivity index (χ2n) is 3.03. The van der Waals surface area contributed by atoms with Crippen LogP contribution in [0.4, 0.5) is 5.82 Å². The van der Waals surface area contributed by atoms with Gasteiger partial charge in [-0.3, -0.25) is 9.89 Å². The SMILES string of the molecule is Cc1nc(C(=O)Nc2ncccc2Br)n[nH]1. The zero-order valence-electron chi connectivity index (χ0n) is 8.36. The van der Waals surface area contributed by atoms with E-state index in [0.717, 1.165) is 0 Å². The maximum absolute atomic E-state index is 11.7. The molecule has 2 aromatic heterocycles. The molecule has 7 heteroatoms. The first-order chi connectivity index (χ1) is 7.66. The van der Waals surface area contributed by atoms with E-state index in [0.29, 0.717) is 16.1 Å². The van der Waals surface area contributed by atoms with E-state index in [2.05, 4.69) is 41.4 Å². The molecule has 0 bridgehead atoms.